The van der Waals surface area contributed by atoms with E-state index in [9.17, 15) is 4.79 Å². The van der Waals surface area contributed by atoms with Crippen molar-refractivity contribution in [3.05, 3.63) is 0 Å². The normalized spacial score (nSPS) is 15.8. The largest absolute Gasteiger partial charge is 0.462 e. The van der Waals surface area contributed by atoms with Crippen LogP contribution in [0.2, 0.25) is 0 Å². The molecule has 0 aromatic carbocycles. The van der Waals surface area contributed by atoms with Gasteiger partial charge in [0.1, 0.15) is 6.10 Å². The highest BCUT2D eigenvalue weighted by Crippen LogP contribution is 2.06. The average Bonchev–Trinajstić information content (AvgIpc) is 1.84. The van der Waals surface area contributed by atoms with Crippen molar-refractivity contribution in [3.63, 3.8) is 0 Å². The molecule has 0 rings (SSSR count). The van der Waals surface area contributed by atoms with Crippen molar-refractivity contribution in [2.45, 2.75) is 46.3 Å². The van der Waals surface area contributed by atoms with Gasteiger partial charge in [0.15, 0.2) is 0 Å². The van der Waals surface area contributed by atoms with E-state index in [4.69, 9.17) is 10.5 Å². The molecule has 0 heterocycles. The van der Waals surface area contributed by atoms with Gasteiger partial charge in [-0.05, 0) is 19.8 Å². The van der Waals surface area contributed by atoms with E-state index in [1.165, 1.54) is 0 Å². The second kappa shape index (κ2) is 5.14. The molecule has 0 fully saturated rings. The van der Waals surface area contributed by atoms with E-state index < -0.39 is 0 Å². The van der Waals surface area contributed by atoms with E-state index in [1.807, 2.05) is 20.8 Å². The Morgan fingerprint density at radius 2 is 1.83 bits per heavy atom. The number of rotatable bonds is 4. The third kappa shape index (κ3) is 5.13. The van der Waals surface area contributed by atoms with Crippen molar-refractivity contribution in [2.75, 3.05) is 0 Å². The highest BCUT2D eigenvalue weighted by Gasteiger charge is 2.13. The molecule has 0 aliphatic rings. The van der Waals surface area contributed by atoms with Crippen LogP contribution in [0.25, 0.3) is 0 Å². The van der Waals surface area contributed by atoms with E-state index in [0.29, 0.717) is 12.3 Å². The standard InChI is InChI=1S/C9H19NO2/c1-6(2)8(4)12-9(11)5-7(3)10/h6-8H,5,10H2,1-4H3. The van der Waals surface area contributed by atoms with Crippen LogP contribution >= 0.6 is 0 Å². The Kier molecular flexibility index (Phi) is 4.90. The Bertz CT molecular complexity index is 143. The summed E-state index contributed by atoms with van der Waals surface area (Å²) in [4.78, 5) is 11.1. The van der Waals surface area contributed by atoms with Crippen molar-refractivity contribution in [2.24, 2.45) is 11.7 Å². The highest BCUT2D eigenvalue weighted by molar-refractivity contribution is 5.70. The van der Waals surface area contributed by atoms with Crippen molar-refractivity contribution in [1.82, 2.24) is 0 Å². The van der Waals surface area contributed by atoms with Crippen molar-refractivity contribution >= 4 is 5.97 Å². The van der Waals surface area contributed by atoms with Gasteiger partial charge >= 0.3 is 5.97 Å². The minimum Gasteiger partial charge on any atom is -0.462 e. The van der Waals surface area contributed by atoms with Crippen molar-refractivity contribution < 1.29 is 9.53 Å². The number of esters is 1. The molecule has 2 atom stereocenters. The van der Waals surface area contributed by atoms with Crippen LogP contribution in [0, 0.1) is 5.92 Å². The first-order chi connectivity index (χ1) is 5.43. The number of nitrogens with two attached hydrogens (primary N) is 1. The van der Waals surface area contributed by atoms with Gasteiger partial charge in [0.2, 0.25) is 0 Å². The minimum atomic E-state index is -0.203. The second-order valence-electron chi connectivity index (χ2n) is 3.62. The van der Waals surface area contributed by atoms with E-state index in [-0.39, 0.29) is 18.1 Å². The Hall–Kier alpha value is -0.570. The molecule has 0 bridgehead atoms. The quantitative estimate of drug-likeness (QED) is 0.652. The van der Waals surface area contributed by atoms with Crippen LogP contribution in [-0.2, 0) is 9.53 Å². The van der Waals surface area contributed by atoms with Crippen LogP contribution in [0.1, 0.15) is 34.1 Å². The van der Waals surface area contributed by atoms with Crippen molar-refractivity contribution in [3.8, 4) is 0 Å². The zero-order chi connectivity index (χ0) is 9.72. The summed E-state index contributed by atoms with van der Waals surface area (Å²) in [5.41, 5.74) is 5.44. The third-order valence-electron chi connectivity index (χ3n) is 1.74. The molecular formula is C9H19NO2. The van der Waals surface area contributed by atoms with E-state index >= 15 is 0 Å². The van der Waals surface area contributed by atoms with Crippen LogP contribution in [0.5, 0.6) is 0 Å². The molecule has 0 aromatic rings. The predicted molar refractivity (Wildman–Crippen MR) is 48.7 cm³/mol. The van der Waals surface area contributed by atoms with Crippen molar-refractivity contribution in [1.29, 1.82) is 0 Å². The Balaban J connectivity index is 3.69. The molecule has 0 aliphatic carbocycles. The molecule has 72 valence electrons. The van der Waals surface area contributed by atoms with Crippen LogP contribution in [0.15, 0.2) is 0 Å². The molecule has 2 N–H and O–H groups in total. The monoisotopic (exact) mass is 173 g/mol. The first-order valence-corrected chi connectivity index (χ1v) is 4.38. The van der Waals surface area contributed by atoms with Gasteiger partial charge in [0, 0.05) is 6.04 Å². The molecule has 3 heteroatoms. The molecule has 0 saturated carbocycles. The molecule has 0 spiro atoms. The van der Waals surface area contributed by atoms with E-state index in [0.717, 1.165) is 0 Å². The summed E-state index contributed by atoms with van der Waals surface area (Å²) in [6.07, 6.45) is 0.285. The van der Waals surface area contributed by atoms with Gasteiger partial charge < -0.3 is 10.5 Å². The average molecular weight is 173 g/mol. The lowest BCUT2D eigenvalue weighted by molar-refractivity contribution is -0.150. The molecule has 0 amide bonds. The summed E-state index contributed by atoms with van der Waals surface area (Å²) < 4.78 is 5.10. The predicted octanol–water partition coefficient (Wildman–Crippen LogP) is 1.31. The van der Waals surface area contributed by atoms with Crippen LogP contribution in [0.3, 0.4) is 0 Å². The molecule has 2 unspecified atom stereocenters. The summed E-state index contributed by atoms with van der Waals surface area (Å²) in [5, 5.41) is 0. The lowest BCUT2D eigenvalue weighted by Crippen LogP contribution is -2.25. The zero-order valence-electron chi connectivity index (χ0n) is 8.33. The smallest absolute Gasteiger partial charge is 0.307 e. The minimum absolute atomic E-state index is 0.0174. The lowest BCUT2D eigenvalue weighted by atomic mass is 10.1. The molecule has 0 aliphatic heterocycles. The van der Waals surface area contributed by atoms with Crippen LogP contribution < -0.4 is 5.73 Å². The third-order valence-corrected chi connectivity index (χ3v) is 1.74. The van der Waals surface area contributed by atoms with Gasteiger partial charge in [-0.15, -0.1) is 0 Å². The molecule has 0 radical (unpaired) electrons. The Morgan fingerprint density at radius 1 is 1.33 bits per heavy atom. The summed E-state index contributed by atoms with van der Waals surface area (Å²) in [7, 11) is 0. The summed E-state index contributed by atoms with van der Waals surface area (Å²) in [5.74, 6) is 0.160. The maximum Gasteiger partial charge on any atom is 0.307 e. The molecule has 3 nitrogen and oxygen atoms in total. The van der Waals surface area contributed by atoms with Gasteiger partial charge in [-0.1, -0.05) is 13.8 Å². The molecule has 12 heavy (non-hydrogen) atoms. The van der Waals surface area contributed by atoms with Gasteiger partial charge in [0.25, 0.3) is 0 Å². The maximum absolute atomic E-state index is 11.1. The molecule has 0 saturated heterocycles. The summed E-state index contributed by atoms with van der Waals surface area (Å²) in [6.45, 7) is 7.72. The highest BCUT2D eigenvalue weighted by atomic mass is 16.5. The van der Waals surface area contributed by atoms with Gasteiger partial charge in [-0.3, -0.25) is 4.79 Å². The maximum atomic E-state index is 11.1. The summed E-state index contributed by atoms with van der Waals surface area (Å²) >= 11 is 0. The number of hydrogen-bond donors (Lipinski definition) is 1. The Morgan fingerprint density at radius 3 is 2.17 bits per heavy atom. The fourth-order valence-electron chi connectivity index (χ4n) is 0.654. The fraction of sp³-hybridized carbons (Fsp3) is 0.889. The van der Waals surface area contributed by atoms with Gasteiger partial charge in [-0.25, -0.2) is 0 Å². The zero-order valence-corrected chi connectivity index (χ0v) is 8.33. The molecule has 0 aromatic heterocycles. The van der Waals surface area contributed by atoms with E-state index in [1.54, 1.807) is 6.92 Å². The van der Waals surface area contributed by atoms with Crippen LogP contribution in [0.4, 0.5) is 0 Å². The fourth-order valence-corrected chi connectivity index (χ4v) is 0.654. The second-order valence-corrected chi connectivity index (χ2v) is 3.62. The van der Waals surface area contributed by atoms with Crippen LogP contribution in [-0.4, -0.2) is 18.1 Å². The lowest BCUT2D eigenvalue weighted by Gasteiger charge is -2.17. The van der Waals surface area contributed by atoms with Gasteiger partial charge in [0.05, 0.1) is 6.42 Å². The first kappa shape index (κ1) is 11.4. The number of carbonyl (C=O) groups is 1. The van der Waals surface area contributed by atoms with E-state index in [2.05, 4.69) is 0 Å². The number of carbonyl (C=O) groups excluding carboxylic acids is 1. The molecular weight excluding hydrogens is 154 g/mol. The number of ether oxygens (including phenoxy) is 1. The number of hydrogen-bond acceptors (Lipinski definition) is 3. The SMILES string of the molecule is CC(N)CC(=O)OC(C)C(C)C. The first-order valence-electron chi connectivity index (χ1n) is 4.38. The Labute approximate surface area is 74.3 Å². The topological polar surface area (TPSA) is 52.3 Å². The summed E-state index contributed by atoms with van der Waals surface area (Å²) in [6, 6.07) is -0.114. The van der Waals surface area contributed by atoms with Gasteiger partial charge in [-0.2, -0.15) is 0 Å².